The van der Waals surface area contributed by atoms with Crippen molar-refractivity contribution in [3.8, 4) is 0 Å². The van der Waals surface area contributed by atoms with E-state index in [9.17, 15) is 19.5 Å². The number of methoxy groups -OCH3 is 1. The number of esters is 2. The molecule has 0 spiro atoms. The molecule has 8 nitrogen and oxygen atoms in total. The number of aliphatic hydroxyl groups is 1. The molecule has 2 saturated heterocycles. The maximum absolute atomic E-state index is 12.8. The summed E-state index contributed by atoms with van der Waals surface area (Å²) in [6, 6.07) is 9.70. The molecule has 3 rings (SSSR count). The molecular weight excluding hydrogens is 378 g/mol. The fourth-order valence-corrected chi connectivity index (χ4v) is 4.49. The zero-order valence-corrected chi connectivity index (χ0v) is 17.1. The molecule has 2 aliphatic heterocycles. The number of carbonyl (C=O) groups is 3. The van der Waals surface area contributed by atoms with Crippen LogP contribution >= 0.6 is 0 Å². The van der Waals surface area contributed by atoms with Crippen molar-refractivity contribution in [3.05, 3.63) is 35.9 Å². The number of rotatable bonds is 7. The van der Waals surface area contributed by atoms with E-state index in [4.69, 9.17) is 14.2 Å². The Hall–Kier alpha value is -2.45. The predicted octanol–water partition coefficient (Wildman–Crippen LogP) is 0.906. The number of hydrogen-bond acceptors (Lipinski definition) is 7. The number of amides is 1. The van der Waals surface area contributed by atoms with Gasteiger partial charge in [-0.05, 0) is 17.9 Å². The summed E-state index contributed by atoms with van der Waals surface area (Å²) in [6.45, 7) is 4.19. The second kappa shape index (κ2) is 7.76. The van der Waals surface area contributed by atoms with E-state index in [0.717, 1.165) is 17.6 Å². The van der Waals surface area contributed by atoms with Crippen molar-refractivity contribution in [1.29, 1.82) is 0 Å². The maximum atomic E-state index is 12.8. The number of cyclic esters (lactones) is 1. The van der Waals surface area contributed by atoms with Crippen molar-refractivity contribution in [1.82, 2.24) is 4.90 Å². The van der Waals surface area contributed by atoms with E-state index in [1.165, 1.54) is 14.0 Å². The van der Waals surface area contributed by atoms with Crippen LogP contribution in [0.15, 0.2) is 30.3 Å². The molecule has 2 aliphatic rings. The van der Waals surface area contributed by atoms with Crippen LogP contribution in [-0.4, -0.2) is 65.9 Å². The minimum absolute atomic E-state index is 0.0952. The van der Waals surface area contributed by atoms with Gasteiger partial charge in [0.25, 0.3) is 5.54 Å². The first kappa shape index (κ1) is 21.3. The summed E-state index contributed by atoms with van der Waals surface area (Å²) in [5.41, 5.74) is -3.17. The average molecular weight is 405 g/mol. The summed E-state index contributed by atoms with van der Waals surface area (Å²) in [4.78, 5) is 38.9. The third-order valence-corrected chi connectivity index (χ3v) is 6.09. The van der Waals surface area contributed by atoms with Crippen molar-refractivity contribution >= 4 is 17.8 Å². The lowest BCUT2D eigenvalue weighted by molar-refractivity contribution is -0.171. The lowest BCUT2D eigenvalue weighted by Gasteiger charge is -2.36. The number of likely N-dealkylation sites (tertiary alicyclic amines) is 1. The highest BCUT2D eigenvalue weighted by Gasteiger charge is 2.82. The van der Waals surface area contributed by atoms with Gasteiger partial charge in [0.2, 0.25) is 5.91 Å². The molecule has 29 heavy (non-hydrogen) atoms. The maximum Gasteiger partial charge on any atom is 0.347 e. The first-order valence-corrected chi connectivity index (χ1v) is 9.62. The van der Waals surface area contributed by atoms with E-state index in [1.54, 1.807) is 0 Å². The van der Waals surface area contributed by atoms with Crippen LogP contribution in [-0.2, 0) is 35.2 Å². The molecule has 5 atom stereocenters. The first-order valence-electron chi connectivity index (χ1n) is 9.62. The largest absolute Gasteiger partial charge is 0.467 e. The normalized spacial score (nSPS) is 32.1. The second-order valence-corrected chi connectivity index (χ2v) is 7.88. The van der Waals surface area contributed by atoms with Crippen LogP contribution in [0.4, 0.5) is 0 Å². The second-order valence-electron chi connectivity index (χ2n) is 7.88. The van der Waals surface area contributed by atoms with Gasteiger partial charge < -0.3 is 24.2 Å². The molecule has 8 heteroatoms. The summed E-state index contributed by atoms with van der Waals surface area (Å²) in [5, 5.41) is 11.5. The Morgan fingerprint density at radius 2 is 1.97 bits per heavy atom. The Kier molecular flexibility index (Phi) is 5.69. The molecule has 0 saturated carbocycles. The van der Waals surface area contributed by atoms with Gasteiger partial charge in [-0.25, -0.2) is 9.59 Å². The minimum Gasteiger partial charge on any atom is -0.467 e. The third kappa shape index (κ3) is 3.02. The number of ether oxygens (including phenoxy) is 3. The summed E-state index contributed by atoms with van der Waals surface area (Å²) < 4.78 is 16.0. The standard InChI is InChI=1S/C21H27NO7/c1-13(11-28-12-15-8-6-5-7-9-15)10-16-21(26)14(2)17(23)22(3)20(21,18(24)27-4)19(25)29-16/h5-9,13-14,16,26H,10-12H2,1-4H3/t13-,14+,16+,20-,21-/m1/s1. The quantitative estimate of drug-likeness (QED) is 0.531. The molecule has 0 aromatic heterocycles. The average Bonchev–Trinajstić information content (AvgIpc) is 3.02. The molecular formula is C21H27NO7. The fraction of sp³-hybridized carbons (Fsp3) is 0.571. The van der Waals surface area contributed by atoms with Crippen LogP contribution in [0.1, 0.15) is 25.8 Å². The Labute approximate surface area is 169 Å². The van der Waals surface area contributed by atoms with Crippen molar-refractivity contribution < 1.29 is 33.7 Å². The monoisotopic (exact) mass is 405 g/mol. The summed E-state index contributed by atoms with van der Waals surface area (Å²) in [5.74, 6) is -3.56. The molecule has 1 aromatic carbocycles. The molecule has 158 valence electrons. The minimum atomic E-state index is -2.19. The van der Waals surface area contributed by atoms with E-state index in [-0.39, 0.29) is 12.3 Å². The fourth-order valence-electron chi connectivity index (χ4n) is 4.49. The molecule has 2 fully saturated rings. The van der Waals surface area contributed by atoms with Crippen molar-refractivity contribution in [2.24, 2.45) is 11.8 Å². The Morgan fingerprint density at radius 1 is 1.31 bits per heavy atom. The highest BCUT2D eigenvalue weighted by Crippen LogP contribution is 2.52. The summed E-state index contributed by atoms with van der Waals surface area (Å²) >= 11 is 0. The topological polar surface area (TPSA) is 102 Å². The lowest BCUT2D eigenvalue weighted by atomic mass is 9.72. The molecule has 0 radical (unpaired) electrons. The van der Waals surface area contributed by atoms with Crippen molar-refractivity contribution in [2.45, 2.75) is 44.1 Å². The summed E-state index contributed by atoms with van der Waals surface area (Å²) in [6.07, 6.45) is -0.797. The molecule has 2 heterocycles. The Morgan fingerprint density at radius 3 is 2.59 bits per heavy atom. The number of carbonyl (C=O) groups excluding carboxylic acids is 3. The Balaban J connectivity index is 1.75. The SMILES string of the molecule is COC(=O)[C@@]12C(=O)O[C@@H](C[C@@H](C)COCc3ccccc3)[C@]1(O)[C@@H](C)C(=O)N2C. The van der Waals surface area contributed by atoms with Crippen LogP contribution in [0.5, 0.6) is 0 Å². The van der Waals surface area contributed by atoms with Gasteiger partial charge in [0.15, 0.2) is 5.60 Å². The molecule has 1 N–H and O–H groups in total. The highest BCUT2D eigenvalue weighted by atomic mass is 16.6. The smallest absolute Gasteiger partial charge is 0.347 e. The number of likely N-dealkylation sites (N-methyl/N-ethyl adjacent to an activating group) is 1. The third-order valence-electron chi connectivity index (χ3n) is 6.09. The van der Waals surface area contributed by atoms with Crippen LogP contribution in [0.2, 0.25) is 0 Å². The zero-order valence-electron chi connectivity index (χ0n) is 17.1. The van der Waals surface area contributed by atoms with Crippen LogP contribution in [0, 0.1) is 11.8 Å². The first-order chi connectivity index (χ1) is 13.7. The number of nitrogens with zero attached hydrogens (tertiary/aromatic N) is 1. The van der Waals surface area contributed by atoms with Crippen molar-refractivity contribution in [2.75, 3.05) is 20.8 Å². The van der Waals surface area contributed by atoms with Gasteiger partial charge >= 0.3 is 11.9 Å². The molecule has 1 amide bonds. The zero-order chi connectivity index (χ0) is 21.4. The van der Waals surface area contributed by atoms with Crippen LogP contribution < -0.4 is 0 Å². The molecule has 0 bridgehead atoms. The van der Waals surface area contributed by atoms with Crippen molar-refractivity contribution in [3.63, 3.8) is 0 Å². The van der Waals surface area contributed by atoms with Gasteiger partial charge in [-0.2, -0.15) is 0 Å². The number of hydrogen-bond donors (Lipinski definition) is 1. The van der Waals surface area contributed by atoms with Gasteiger partial charge in [0.05, 0.1) is 19.6 Å². The van der Waals surface area contributed by atoms with Gasteiger partial charge in [0.1, 0.15) is 6.10 Å². The van der Waals surface area contributed by atoms with Gasteiger partial charge in [-0.1, -0.05) is 44.2 Å². The van der Waals surface area contributed by atoms with Gasteiger partial charge in [-0.15, -0.1) is 0 Å². The molecule has 0 unspecified atom stereocenters. The van der Waals surface area contributed by atoms with Crippen LogP contribution in [0.3, 0.4) is 0 Å². The van der Waals surface area contributed by atoms with E-state index in [1.807, 2.05) is 37.3 Å². The van der Waals surface area contributed by atoms with E-state index in [0.29, 0.717) is 13.2 Å². The van der Waals surface area contributed by atoms with E-state index in [2.05, 4.69) is 0 Å². The number of fused-ring (bicyclic) bond motifs is 1. The predicted molar refractivity (Wildman–Crippen MR) is 101 cm³/mol. The van der Waals surface area contributed by atoms with Gasteiger partial charge in [0, 0.05) is 13.7 Å². The lowest BCUT2D eigenvalue weighted by Crippen LogP contribution is -2.67. The number of benzene rings is 1. The van der Waals surface area contributed by atoms with E-state index >= 15 is 0 Å². The Bertz CT molecular complexity index is 797. The molecule has 1 aromatic rings. The van der Waals surface area contributed by atoms with E-state index < -0.39 is 41.0 Å². The highest BCUT2D eigenvalue weighted by molar-refractivity contribution is 6.14. The van der Waals surface area contributed by atoms with Gasteiger partial charge in [-0.3, -0.25) is 4.79 Å². The summed E-state index contributed by atoms with van der Waals surface area (Å²) in [7, 11) is 2.42. The van der Waals surface area contributed by atoms with Crippen LogP contribution in [0.25, 0.3) is 0 Å². The molecule has 0 aliphatic carbocycles.